The van der Waals surface area contributed by atoms with Gasteiger partial charge in [-0.25, -0.2) is 4.79 Å². The molecule has 1 heterocycles. The summed E-state index contributed by atoms with van der Waals surface area (Å²) in [5, 5.41) is 2.80. The van der Waals surface area contributed by atoms with E-state index in [0.717, 1.165) is 24.8 Å². The molecular weight excluding hydrogens is 306 g/mol. The van der Waals surface area contributed by atoms with Gasteiger partial charge in [0.1, 0.15) is 11.7 Å². The first-order valence-electron chi connectivity index (χ1n) is 8.66. The Balaban J connectivity index is 1.97. The molecule has 134 valence electrons. The molecule has 1 aromatic carbocycles. The van der Waals surface area contributed by atoms with Gasteiger partial charge in [-0.1, -0.05) is 30.3 Å². The van der Waals surface area contributed by atoms with Crippen LogP contribution in [0.1, 0.15) is 58.6 Å². The minimum absolute atomic E-state index is 0.207. The van der Waals surface area contributed by atoms with Crippen LogP contribution < -0.4 is 5.32 Å². The van der Waals surface area contributed by atoms with Crippen molar-refractivity contribution in [3.05, 3.63) is 35.9 Å². The summed E-state index contributed by atoms with van der Waals surface area (Å²) < 4.78 is 17.3. The van der Waals surface area contributed by atoms with Gasteiger partial charge in [-0.15, -0.1) is 0 Å². The molecule has 1 amide bonds. The van der Waals surface area contributed by atoms with Crippen molar-refractivity contribution in [1.29, 1.82) is 0 Å². The number of carbonyl (C=O) groups is 1. The normalized spacial score (nSPS) is 22.7. The summed E-state index contributed by atoms with van der Waals surface area (Å²) in [5.41, 5.74) is 0.491. The Morgan fingerprint density at radius 3 is 2.62 bits per heavy atom. The minimum atomic E-state index is -0.519. The van der Waals surface area contributed by atoms with E-state index in [0.29, 0.717) is 6.54 Å². The number of carbonyl (C=O) groups excluding carboxylic acids is 1. The van der Waals surface area contributed by atoms with Crippen molar-refractivity contribution in [1.82, 2.24) is 5.32 Å². The van der Waals surface area contributed by atoms with Crippen molar-refractivity contribution >= 4 is 6.09 Å². The average molecular weight is 335 g/mol. The van der Waals surface area contributed by atoms with E-state index in [1.807, 2.05) is 51.1 Å². The van der Waals surface area contributed by atoms with E-state index >= 15 is 0 Å². The summed E-state index contributed by atoms with van der Waals surface area (Å²) in [6.45, 7) is 7.93. The van der Waals surface area contributed by atoms with Crippen LogP contribution in [0.5, 0.6) is 0 Å². The van der Waals surface area contributed by atoms with Gasteiger partial charge in [0.2, 0.25) is 0 Å². The third kappa shape index (κ3) is 6.49. The van der Waals surface area contributed by atoms with E-state index in [4.69, 9.17) is 14.2 Å². The Morgan fingerprint density at radius 2 is 2.00 bits per heavy atom. The van der Waals surface area contributed by atoms with E-state index in [-0.39, 0.29) is 18.5 Å². The third-order valence-corrected chi connectivity index (χ3v) is 3.75. The number of hydrogen-bond acceptors (Lipinski definition) is 4. The number of alkyl carbamates (subject to hydrolysis) is 1. The standard InChI is InChI=1S/C19H29NO4/c1-14-9-8-12-17(22-14)23-16(15-10-6-5-7-11-15)13-20-18(21)24-19(2,3)4/h5-7,10-11,14,16-17H,8-9,12-13H2,1-4H3,(H,20,21)/t14-,16-,17+/m0/s1. The predicted octanol–water partition coefficient (Wildman–Crippen LogP) is 4.18. The van der Waals surface area contributed by atoms with E-state index in [1.165, 1.54) is 0 Å². The molecule has 0 aromatic heterocycles. The Hall–Kier alpha value is -1.59. The zero-order valence-electron chi connectivity index (χ0n) is 15.1. The maximum absolute atomic E-state index is 11.9. The van der Waals surface area contributed by atoms with E-state index < -0.39 is 11.7 Å². The number of nitrogens with one attached hydrogen (secondary N) is 1. The number of amides is 1. The lowest BCUT2D eigenvalue weighted by Gasteiger charge is -2.31. The molecule has 1 N–H and O–H groups in total. The zero-order valence-corrected chi connectivity index (χ0v) is 15.1. The number of benzene rings is 1. The monoisotopic (exact) mass is 335 g/mol. The van der Waals surface area contributed by atoms with Crippen LogP contribution in [0, 0.1) is 0 Å². The highest BCUT2D eigenvalue weighted by Crippen LogP contribution is 2.26. The molecular formula is C19H29NO4. The van der Waals surface area contributed by atoms with Crippen molar-refractivity contribution in [2.45, 2.75) is 71.1 Å². The van der Waals surface area contributed by atoms with Gasteiger partial charge in [-0.05, 0) is 52.5 Å². The van der Waals surface area contributed by atoms with Gasteiger partial charge in [0, 0.05) is 0 Å². The molecule has 0 bridgehead atoms. The Labute approximate surface area is 144 Å². The van der Waals surface area contributed by atoms with Gasteiger partial charge in [0.05, 0.1) is 12.6 Å². The second kappa shape index (κ2) is 8.49. The van der Waals surface area contributed by atoms with Crippen LogP contribution in [0.4, 0.5) is 4.79 Å². The molecule has 1 aliphatic heterocycles. The van der Waals surface area contributed by atoms with Crippen molar-refractivity contribution in [3.63, 3.8) is 0 Å². The Morgan fingerprint density at radius 1 is 1.29 bits per heavy atom. The molecule has 5 nitrogen and oxygen atoms in total. The minimum Gasteiger partial charge on any atom is -0.444 e. The Kier molecular flexibility index (Phi) is 6.63. The highest BCUT2D eigenvalue weighted by molar-refractivity contribution is 5.67. The van der Waals surface area contributed by atoms with Crippen molar-refractivity contribution in [3.8, 4) is 0 Å². The summed E-state index contributed by atoms with van der Waals surface area (Å²) in [6, 6.07) is 9.87. The van der Waals surface area contributed by atoms with Gasteiger partial charge < -0.3 is 19.5 Å². The second-order valence-electron chi connectivity index (χ2n) is 7.23. The largest absolute Gasteiger partial charge is 0.444 e. The van der Waals surface area contributed by atoms with Crippen LogP contribution in [-0.4, -0.2) is 30.6 Å². The maximum atomic E-state index is 11.9. The molecule has 0 spiro atoms. The lowest BCUT2D eigenvalue weighted by Crippen LogP contribution is -2.37. The molecule has 24 heavy (non-hydrogen) atoms. The van der Waals surface area contributed by atoms with Gasteiger partial charge in [-0.2, -0.15) is 0 Å². The molecule has 2 rings (SSSR count). The maximum Gasteiger partial charge on any atom is 0.407 e. The van der Waals surface area contributed by atoms with E-state index in [2.05, 4.69) is 12.2 Å². The topological polar surface area (TPSA) is 56.8 Å². The van der Waals surface area contributed by atoms with Crippen LogP contribution >= 0.6 is 0 Å². The molecule has 5 heteroatoms. The SMILES string of the molecule is C[C@H]1CCC[C@@H](O[C@@H](CNC(=O)OC(C)(C)C)c2ccccc2)O1. The molecule has 3 atom stereocenters. The first-order chi connectivity index (χ1) is 11.3. The quantitative estimate of drug-likeness (QED) is 0.877. The van der Waals surface area contributed by atoms with E-state index in [9.17, 15) is 4.79 Å². The molecule has 0 radical (unpaired) electrons. The summed E-state index contributed by atoms with van der Waals surface area (Å²) in [5.74, 6) is 0. The summed E-state index contributed by atoms with van der Waals surface area (Å²) in [4.78, 5) is 11.9. The molecule has 1 aliphatic rings. The first kappa shape index (κ1) is 18.7. The van der Waals surface area contributed by atoms with Gasteiger partial charge in [0.25, 0.3) is 0 Å². The fraction of sp³-hybridized carbons (Fsp3) is 0.632. The molecule has 1 fully saturated rings. The lowest BCUT2D eigenvalue weighted by molar-refractivity contribution is -0.211. The number of hydrogen-bond donors (Lipinski definition) is 1. The average Bonchev–Trinajstić information content (AvgIpc) is 2.50. The van der Waals surface area contributed by atoms with Crippen LogP contribution in [0.25, 0.3) is 0 Å². The Bertz CT molecular complexity index is 512. The molecule has 0 saturated carbocycles. The van der Waals surface area contributed by atoms with E-state index in [1.54, 1.807) is 0 Å². The fourth-order valence-electron chi connectivity index (χ4n) is 2.65. The summed E-state index contributed by atoms with van der Waals surface area (Å²) >= 11 is 0. The molecule has 1 aromatic rings. The van der Waals surface area contributed by atoms with Gasteiger partial charge in [-0.3, -0.25) is 0 Å². The van der Waals surface area contributed by atoms with Gasteiger partial charge >= 0.3 is 6.09 Å². The molecule has 0 aliphatic carbocycles. The van der Waals surface area contributed by atoms with Crippen molar-refractivity contribution < 1.29 is 19.0 Å². The van der Waals surface area contributed by atoms with Crippen LogP contribution in [-0.2, 0) is 14.2 Å². The summed E-state index contributed by atoms with van der Waals surface area (Å²) in [6.07, 6.45) is 2.29. The second-order valence-corrected chi connectivity index (χ2v) is 7.23. The zero-order chi connectivity index (χ0) is 17.6. The smallest absolute Gasteiger partial charge is 0.407 e. The number of ether oxygens (including phenoxy) is 3. The highest BCUT2D eigenvalue weighted by Gasteiger charge is 2.25. The molecule has 0 unspecified atom stereocenters. The van der Waals surface area contributed by atoms with Crippen LogP contribution in [0.3, 0.4) is 0 Å². The van der Waals surface area contributed by atoms with Crippen LogP contribution in [0.2, 0.25) is 0 Å². The fourth-order valence-corrected chi connectivity index (χ4v) is 2.65. The summed E-state index contributed by atoms with van der Waals surface area (Å²) in [7, 11) is 0. The van der Waals surface area contributed by atoms with Gasteiger partial charge in [0.15, 0.2) is 6.29 Å². The number of rotatable bonds is 5. The van der Waals surface area contributed by atoms with Crippen molar-refractivity contribution in [2.75, 3.05) is 6.54 Å². The van der Waals surface area contributed by atoms with Crippen LogP contribution in [0.15, 0.2) is 30.3 Å². The predicted molar refractivity (Wildman–Crippen MR) is 92.7 cm³/mol. The molecule has 1 saturated heterocycles. The lowest BCUT2D eigenvalue weighted by atomic mass is 10.1. The third-order valence-electron chi connectivity index (χ3n) is 3.75. The van der Waals surface area contributed by atoms with Crippen molar-refractivity contribution in [2.24, 2.45) is 0 Å². The first-order valence-corrected chi connectivity index (χ1v) is 8.66. The highest BCUT2D eigenvalue weighted by atomic mass is 16.7.